The number of imide groups is 1. The van der Waals surface area contributed by atoms with E-state index in [0.29, 0.717) is 27.8 Å². The molecule has 3 aromatic rings. The topological polar surface area (TPSA) is 87.8 Å². The normalized spacial score (nSPS) is 15.3. The van der Waals surface area contributed by atoms with Crippen LogP contribution in [-0.2, 0) is 4.79 Å². The molecular weight excluding hydrogens is 414 g/mol. The maximum atomic E-state index is 12.7. The molecule has 6 nitrogen and oxygen atoms in total. The summed E-state index contributed by atoms with van der Waals surface area (Å²) in [6.45, 7) is 0. The highest BCUT2D eigenvalue weighted by Gasteiger charge is 2.36. The molecule has 0 bridgehead atoms. The van der Waals surface area contributed by atoms with Crippen molar-refractivity contribution in [1.29, 1.82) is 0 Å². The van der Waals surface area contributed by atoms with Gasteiger partial charge in [0.15, 0.2) is 0 Å². The Morgan fingerprint density at radius 2 is 1.83 bits per heavy atom. The SMILES string of the molecule is O=C(O)c1cccc(-c2ccc(/C=C3\SC(=O)N(c4ccc(Cl)cc4)C3=O)o2)c1. The number of carbonyl (C=O) groups is 3. The van der Waals surface area contributed by atoms with Crippen molar-refractivity contribution in [3.8, 4) is 11.3 Å². The molecular formula is C21H12ClNO5S. The molecule has 1 saturated heterocycles. The molecule has 4 rings (SSSR count). The van der Waals surface area contributed by atoms with Gasteiger partial charge in [0.1, 0.15) is 11.5 Å². The number of furan rings is 1. The Morgan fingerprint density at radius 3 is 2.55 bits per heavy atom. The summed E-state index contributed by atoms with van der Waals surface area (Å²) in [4.78, 5) is 37.4. The van der Waals surface area contributed by atoms with Gasteiger partial charge in [-0.2, -0.15) is 0 Å². The number of halogens is 1. The highest BCUT2D eigenvalue weighted by Crippen LogP contribution is 2.36. The lowest BCUT2D eigenvalue weighted by atomic mass is 10.1. The fourth-order valence-electron chi connectivity index (χ4n) is 2.80. The molecule has 0 aliphatic carbocycles. The summed E-state index contributed by atoms with van der Waals surface area (Å²) in [6.07, 6.45) is 1.49. The number of aromatic carboxylic acids is 1. The molecule has 2 amide bonds. The summed E-state index contributed by atoms with van der Waals surface area (Å²) in [6, 6.07) is 16.1. The van der Waals surface area contributed by atoms with E-state index < -0.39 is 17.1 Å². The number of carboxylic acid groups (broad SMARTS) is 1. The average molecular weight is 426 g/mol. The molecule has 1 aliphatic rings. The van der Waals surface area contributed by atoms with Crippen molar-refractivity contribution in [2.24, 2.45) is 0 Å². The molecule has 1 fully saturated rings. The Balaban J connectivity index is 1.60. The number of hydrogen-bond acceptors (Lipinski definition) is 5. The molecule has 144 valence electrons. The number of nitrogens with zero attached hydrogens (tertiary/aromatic N) is 1. The van der Waals surface area contributed by atoms with Gasteiger partial charge in [-0.15, -0.1) is 0 Å². The highest BCUT2D eigenvalue weighted by molar-refractivity contribution is 8.19. The second-order valence-corrected chi connectivity index (χ2v) is 7.51. The van der Waals surface area contributed by atoms with Crippen molar-refractivity contribution in [2.45, 2.75) is 0 Å². The van der Waals surface area contributed by atoms with Gasteiger partial charge in [0.2, 0.25) is 0 Å². The van der Waals surface area contributed by atoms with E-state index in [1.807, 2.05) is 0 Å². The number of benzene rings is 2. The van der Waals surface area contributed by atoms with Crippen LogP contribution in [0.5, 0.6) is 0 Å². The summed E-state index contributed by atoms with van der Waals surface area (Å²) in [5.41, 5.74) is 1.18. The van der Waals surface area contributed by atoms with Crippen LogP contribution in [0.15, 0.2) is 70.0 Å². The van der Waals surface area contributed by atoms with Crippen LogP contribution in [0.25, 0.3) is 17.4 Å². The number of amides is 2. The maximum Gasteiger partial charge on any atom is 0.335 e. The van der Waals surface area contributed by atoms with Crippen molar-refractivity contribution in [3.05, 3.63) is 81.9 Å². The van der Waals surface area contributed by atoms with E-state index in [9.17, 15) is 14.4 Å². The number of anilines is 1. The van der Waals surface area contributed by atoms with Crippen molar-refractivity contribution in [2.75, 3.05) is 4.90 Å². The van der Waals surface area contributed by atoms with E-state index in [2.05, 4.69) is 0 Å². The average Bonchev–Trinajstić information content (AvgIpc) is 3.28. The van der Waals surface area contributed by atoms with E-state index in [1.54, 1.807) is 48.5 Å². The number of carboxylic acids is 1. The van der Waals surface area contributed by atoms with Gasteiger partial charge in [-0.25, -0.2) is 9.69 Å². The first kappa shape index (κ1) is 19.0. The second-order valence-electron chi connectivity index (χ2n) is 6.08. The third-order valence-corrected chi connectivity index (χ3v) is 5.29. The van der Waals surface area contributed by atoms with Crippen LogP contribution in [-0.4, -0.2) is 22.2 Å². The van der Waals surface area contributed by atoms with E-state index in [-0.39, 0.29) is 10.5 Å². The summed E-state index contributed by atoms with van der Waals surface area (Å²) in [7, 11) is 0. The van der Waals surface area contributed by atoms with Gasteiger partial charge < -0.3 is 9.52 Å². The molecule has 8 heteroatoms. The Morgan fingerprint density at radius 1 is 1.07 bits per heavy atom. The van der Waals surface area contributed by atoms with Crippen LogP contribution in [0.4, 0.5) is 10.5 Å². The predicted octanol–water partition coefficient (Wildman–Crippen LogP) is 5.54. The third-order valence-electron chi connectivity index (χ3n) is 4.17. The number of rotatable bonds is 4. The minimum absolute atomic E-state index is 0.143. The summed E-state index contributed by atoms with van der Waals surface area (Å²) < 4.78 is 5.72. The Bertz CT molecular complexity index is 1170. The standard InChI is InChI=1S/C21H12ClNO5S/c22-14-4-6-15(7-5-14)23-19(24)18(29-21(23)27)11-16-8-9-17(28-16)12-2-1-3-13(10-12)20(25)26/h1-11H,(H,25,26)/b18-11-. The first-order chi connectivity index (χ1) is 13.9. The van der Waals surface area contributed by atoms with Crippen molar-refractivity contribution >= 4 is 52.2 Å². The molecule has 2 heterocycles. The molecule has 29 heavy (non-hydrogen) atoms. The third kappa shape index (κ3) is 3.83. The van der Waals surface area contributed by atoms with Crippen molar-refractivity contribution < 1.29 is 23.9 Å². The fraction of sp³-hybridized carbons (Fsp3) is 0. The van der Waals surface area contributed by atoms with Gasteiger partial charge >= 0.3 is 5.97 Å². The minimum atomic E-state index is -1.03. The van der Waals surface area contributed by atoms with Crippen LogP contribution < -0.4 is 4.90 Å². The molecule has 2 aromatic carbocycles. The monoisotopic (exact) mass is 425 g/mol. The van der Waals surface area contributed by atoms with Crippen LogP contribution in [0.2, 0.25) is 5.02 Å². The van der Waals surface area contributed by atoms with E-state index in [0.717, 1.165) is 16.7 Å². The zero-order valence-corrected chi connectivity index (χ0v) is 16.2. The van der Waals surface area contributed by atoms with Gasteiger partial charge in [0, 0.05) is 16.7 Å². The van der Waals surface area contributed by atoms with Gasteiger partial charge in [-0.05, 0) is 60.3 Å². The number of hydrogen-bond donors (Lipinski definition) is 1. The summed E-state index contributed by atoms with van der Waals surface area (Å²) in [5.74, 6) is -0.652. The molecule has 1 aliphatic heterocycles. The van der Waals surface area contributed by atoms with Gasteiger partial charge in [-0.3, -0.25) is 9.59 Å². The Hall–Kier alpha value is -3.29. The minimum Gasteiger partial charge on any atom is -0.478 e. The van der Waals surface area contributed by atoms with Crippen LogP contribution in [0.3, 0.4) is 0 Å². The van der Waals surface area contributed by atoms with Gasteiger partial charge in [0.25, 0.3) is 11.1 Å². The first-order valence-corrected chi connectivity index (χ1v) is 9.59. The maximum absolute atomic E-state index is 12.7. The second kappa shape index (κ2) is 7.62. The van der Waals surface area contributed by atoms with E-state index in [4.69, 9.17) is 21.1 Å². The zero-order valence-electron chi connectivity index (χ0n) is 14.7. The molecule has 0 atom stereocenters. The van der Waals surface area contributed by atoms with E-state index >= 15 is 0 Å². The van der Waals surface area contributed by atoms with E-state index in [1.165, 1.54) is 18.2 Å². The lowest BCUT2D eigenvalue weighted by molar-refractivity contribution is -0.113. The quantitative estimate of drug-likeness (QED) is 0.552. The summed E-state index contributed by atoms with van der Waals surface area (Å²) in [5, 5.41) is 9.21. The van der Waals surface area contributed by atoms with Gasteiger partial charge in [0.05, 0.1) is 16.2 Å². The molecule has 0 unspecified atom stereocenters. The largest absolute Gasteiger partial charge is 0.478 e. The summed E-state index contributed by atoms with van der Waals surface area (Å²) >= 11 is 6.67. The lowest BCUT2D eigenvalue weighted by Gasteiger charge is -2.11. The van der Waals surface area contributed by atoms with Crippen molar-refractivity contribution in [3.63, 3.8) is 0 Å². The lowest BCUT2D eigenvalue weighted by Crippen LogP contribution is -2.27. The Kier molecular flexibility index (Phi) is 5.00. The number of carbonyl (C=O) groups excluding carboxylic acids is 2. The molecule has 1 aromatic heterocycles. The Labute approximate surface area is 174 Å². The molecule has 0 radical (unpaired) electrons. The smallest absolute Gasteiger partial charge is 0.335 e. The molecule has 0 spiro atoms. The van der Waals surface area contributed by atoms with Gasteiger partial charge in [-0.1, -0.05) is 23.7 Å². The van der Waals surface area contributed by atoms with Crippen LogP contribution in [0, 0.1) is 0 Å². The fourth-order valence-corrected chi connectivity index (χ4v) is 3.75. The zero-order chi connectivity index (χ0) is 20.5. The predicted molar refractivity (Wildman–Crippen MR) is 111 cm³/mol. The first-order valence-electron chi connectivity index (χ1n) is 8.39. The number of thioether (sulfide) groups is 1. The van der Waals surface area contributed by atoms with Crippen LogP contribution in [0.1, 0.15) is 16.1 Å². The molecule has 0 saturated carbocycles. The highest BCUT2D eigenvalue weighted by atomic mass is 35.5. The van der Waals surface area contributed by atoms with Crippen molar-refractivity contribution in [1.82, 2.24) is 0 Å². The van der Waals surface area contributed by atoms with Crippen LogP contribution >= 0.6 is 23.4 Å². The molecule has 1 N–H and O–H groups in total.